The summed E-state index contributed by atoms with van der Waals surface area (Å²) in [5.41, 5.74) is 1.25. The molecule has 0 spiro atoms. The number of hydrogen-bond donors (Lipinski definition) is 1. The Balaban J connectivity index is 1.86. The average Bonchev–Trinajstić information content (AvgIpc) is 2.85. The molecule has 0 radical (unpaired) electrons. The zero-order chi connectivity index (χ0) is 15.5. The highest BCUT2D eigenvalue weighted by molar-refractivity contribution is 8.45. The first-order valence-electron chi connectivity index (χ1n) is 6.48. The highest BCUT2D eigenvalue weighted by Crippen LogP contribution is 2.31. The zero-order valence-corrected chi connectivity index (χ0v) is 13.0. The molecule has 2 aromatic rings. The molecule has 0 aliphatic carbocycles. The number of fused-ring (bicyclic) bond motifs is 1. The van der Waals surface area contributed by atoms with Crippen LogP contribution in [0.2, 0.25) is 0 Å². The third-order valence-electron chi connectivity index (χ3n) is 3.00. The minimum absolute atomic E-state index is 0.0949. The Morgan fingerprint density at radius 3 is 2.77 bits per heavy atom. The summed E-state index contributed by atoms with van der Waals surface area (Å²) >= 11 is 2.05. The smallest absolute Gasteiger partial charge is 0.313 e. The summed E-state index contributed by atoms with van der Waals surface area (Å²) < 4.78 is 0.486. The van der Waals surface area contributed by atoms with E-state index in [1.807, 2.05) is 42.5 Å². The van der Waals surface area contributed by atoms with Gasteiger partial charge in [0, 0.05) is 0 Å². The number of carboxylic acids is 1. The Morgan fingerprint density at radius 2 is 2.00 bits per heavy atom. The van der Waals surface area contributed by atoms with Crippen molar-refractivity contribution in [1.82, 2.24) is 0 Å². The molecule has 0 aromatic heterocycles. The maximum Gasteiger partial charge on any atom is 0.313 e. The van der Waals surface area contributed by atoms with Gasteiger partial charge in [0.05, 0.1) is 5.75 Å². The third-order valence-corrected chi connectivity index (χ3v) is 4.99. The summed E-state index contributed by atoms with van der Waals surface area (Å²) in [4.78, 5) is 26.7. The van der Waals surface area contributed by atoms with E-state index in [0.717, 1.165) is 39.9 Å². The van der Waals surface area contributed by atoms with Gasteiger partial charge < -0.3 is 5.11 Å². The lowest BCUT2D eigenvalue weighted by atomic mass is 10.1. The van der Waals surface area contributed by atoms with E-state index in [-0.39, 0.29) is 10.9 Å². The van der Waals surface area contributed by atoms with E-state index >= 15 is 0 Å². The second kappa shape index (κ2) is 6.37. The van der Waals surface area contributed by atoms with Crippen LogP contribution < -0.4 is 0 Å². The molecule has 4 nitrogen and oxygen atoms in total. The number of aliphatic imine (C=N–C) groups is 1. The standard InChI is InChI=1S/C16H11NO3S2/c18-14(19)9-21-16-17-13(15(20)22-16)8-10-5-6-11-3-1-2-4-12(11)7-10/h1-8H,9H2,(H,18,19). The highest BCUT2D eigenvalue weighted by Gasteiger charge is 2.23. The van der Waals surface area contributed by atoms with Gasteiger partial charge in [-0.25, -0.2) is 4.99 Å². The van der Waals surface area contributed by atoms with Crippen molar-refractivity contribution in [1.29, 1.82) is 0 Å². The fraction of sp³-hybridized carbons (Fsp3) is 0.0625. The number of thioether (sulfide) groups is 2. The van der Waals surface area contributed by atoms with E-state index in [1.165, 1.54) is 0 Å². The van der Waals surface area contributed by atoms with Gasteiger partial charge in [-0.15, -0.1) is 0 Å². The van der Waals surface area contributed by atoms with E-state index in [2.05, 4.69) is 4.99 Å². The number of carbonyl (C=O) groups is 2. The number of carboxylic acid groups (broad SMARTS) is 1. The Labute approximate surface area is 135 Å². The molecule has 2 aromatic carbocycles. The van der Waals surface area contributed by atoms with Crippen LogP contribution in [0.4, 0.5) is 0 Å². The van der Waals surface area contributed by atoms with Crippen LogP contribution in [0.25, 0.3) is 16.8 Å². The van der Waals surface area contributed by atoms with Gasteiger partial charge in [0.2, 0.25) is 5.12 Å². The van der Waals surface area contributed by atoms with Crippen LogP contribution in [0.1, 0.15) is 5.56 Å². The molecular weight excluding hydrogens is 318 g/mol. The molecular formula is C16H11NO3S2. The van der Waals surface area contributed by atoms with Crippen LogP contribution in [0.3, 0.4) is 0 Å². The summed E-state index contributed by atoms with van der Waals surface area (Å²) in [6, 6.07) is 13.9. The van der Waals surface area contributed by atoms with Crippen LogP contribution in [0, 0.1) is 0 Å². The van der Waals surface area contributed by atoms with E-state index in [0.29, 0.717) is 10.1 Å². The predicted molar refractivity (Wildman–Crippen MR) is 92.1 cm³/mol. The minimum atomic E-state index is -0.923. The van der Waals surface area contributed by atoms with Gasteiger partial charge in [0.1, 0.15) is 10.1 Å². The maximum atomic E-state index is 11.9. The molecule has 22 heavy (non-hydrogen) atoms. The van der Waals surface area contributed by atoms with E-state index < -0.39 is 5.97 Å². The van der Waals surface area contributed by atoms with Gasteiger partial charge in [0.15, 0.2) is 0 Å². The van der Waals surface area contributed by atoms with Crippen molar-refractivity contribution in [2.24, 2.45) is 4.99 Å². The summed E-state index contributed by atoms with van der Waals surface area (Å²) in [6.07, 6.45) is 1.73. The lowest BCUT2D eigenvalue weighted by molar-refractivity contribution is -0.133. The number of nitrogens with zero attached hydrogens (tertiary/aromatic N) is 1. The lowest BCUT2D eigenvalue weighted by Crippen LogP contribution is -1.99. The number of carbonyl (C=O) groups excluding carboxylic acids is 1. The molecule has 0 fully saturated rings. The van der Waals surface area contributed by atoms with Crippen molar-refractivity contribution in [2.45, 2.75) is 0 Å². The number of benzene rings is 2. The molecule has 0 amide bonds. The summed E-state index contributed by atoms with van der Waals surface area (Å²) in [7, 11) is 0. The minimum Gasteiger partial charge on any atom is -0.481 e. The normalized spacial score (nSPS) is 16.3. The zero-order valence-electron chi connectivity index (χ0n) is 11.4. The highest BCUT2D eigenvalue weighted by atomic mass is 32.2. The first-order valence-corrected chi connectivity index (χ1v) is 8.28. The second-order valence-corrected chi connectivity index (χ2v) is 6.77. The summed E-state index contributed by atoms with van der Waals surface area (Å²) in [5, 5.41) is 10.7. The number of rotatable bonds is 3. The molecule has 0 bridgehead atoms. The Hall–Kier alpha value is -2.05. The number of aliphatic carboxylic acids is 1. The van der Waals surface area contributed by atoms with Crippen molar-refractivity contribution in [3.05, 3.63) is 53.7 Å². The van der Waals surface area contributed by atoms with E-state index in [4.69, 9.17) is 5.11 Å². The molecule has 1 N–H and O–H groups in total. The van der Waals surface area contributed by atoms with Crippen LogP contribution in [0.5, 0.6) is 0 Å². The Kier molecular flexibility index (Phi) is 4.31. The molecule has 1 aliphatic rings. The summed E-state index contributed by atoms with van der Waals surface area (Å²) in [5.74, 6) is -1.02. The average molecular weight is 329 g/mol. The van der Waals surface area contributed by atoms with E-state index in [9.17, 15) is 9.59 Å². The third kappa shape index (κ3) is 3.40. The van der Waals surface area contributed by atoms with Crippen molar-refractivity contribution in [3.8, 4) is 0 Å². The number of hydrogen-bond acceptors (Lipinski definition) is 5. The molecule has 6 heteroatoms. The van der Waals surface area contributed by atoms with Gasteiger partial charge in [0.25, 0.3) is 0 Å². The van der Waals surface area contributed by atoms with Crippen LogP contribution in [-0.2, 0) is 9.59 Å². The fourth-order valence-electron chi connectivity index (χ4n) is 2.03. The van der Waals surface area contributed by atoms with Crippen LogP contribution in [-0.4, -0.2) is 26.3 Å². The topological polar surface area (TPSA) is 66.7 Å². The Bertz CT molecular complexity index is 827. The summed E-state index contributed by atoms with van der Waals surface area (Å²) in [6.45, 7) is 0. The fourth-order valence-corrected chi connectivity index (χ4v) is 3.59. The van der Waals surface area contributed by atoms with Gasteiger partial charge >= 0.3 is 5.97 Å². The van der Waals surface area contributed by atoms with Gasteiger partial charge in [-0.1, -0.05) is 48.2 Å². The van der Waals surface area contributed by atoms with Crippen molar-refractivity contribution in [2.75, 3.05) is 5.75 Å². The molecule has 1 heterocycles. The Morgan fingerprint density at radius 1 is 1.23 bits per heavy atom. The quantitative estimate of drug-likeness (QED) is 0.871. The molecule has 110 valence electrons. The first-order chi connectivity index (χ1) is 10.6. The van der Waals surface area contributed by atoms with Gasteiger partial charge in [-0.05, 0) is 40.2 Å². The molecule has 0 saturated carbocycles. The largest absolute Gasteiger partial charge is 0.481 e. The van der Waals surface area contributed by atoms with E-state index in [1.54, 1.807) is 6.08 Å². The molecule has 0 atom stereocenters. The monoisotopic (exact) mass is 329 g/mol. The second-order valence-electron chi connectivity index (χ2n) is 4.59. The van der Waals surface area contributed by atoms with Crippen LogP contribution in [0.15, 0.2) is 53.2 Å². The van der Waals surface area contributed by atoms with Crippen molar-refractivity contribution < 1.29 is 14.7 Å². The first kappa shape index (κ1) is 14.9. The lowest BCUT2D eigenvalue weighted by Gasteiger charge is -1.99. The van der Waals surface area contributed by atoms with Crippen LogP contribution >= 0.6 is 23.5 Å². The molecule has 0 saturated heterocycles. The van der Waals surface area contributed by atoms with Crippen molar-refractivity contribution >= 4 is 55.8 Å². The molecule has 0 unspecified atom stereocenters. The van der Waals surface area contributed by atoms with Crippen molar-refractivity contribution in [3.63, 3.8) is 0 Å². The molecule has 3 rings (SSSR count). The SMILES string of the molecule is O=C(O)CSC1=NC(=Cc2ccc3ccccc3c2)C(=O)S1. The maximum absolute atomic E-state index is 11.9. The van der Waals surface area contributed by atoms with Gasteiger partial charge in [-0.3, -0.25) is 9.59 Å². The molecule has 1 aliphatic heterocycles. The predicted octanol–water partition coefficient (Wildman–Crippen LogP) is 3.63. The van der Waals surface area contributed by atoms with Gasteiger partial charge in [-0.2, -0.15) is 0 Å².